The van der Waals surface area contributed by atoms with Gasteiger partial charge in [-0.25, -0.2) is 9.97 Å². The molecule has 2 aliphatic heterocycles. The highest BCUT2D eigenvalue weighted by atomic mass is 16.5. The Kier molecular flexibility index (Phi) is 4.85. The summed E-state index contributed by atoms with van der Waals surface area (Å²) in [7, 11) is 1.62. The van der Waals surface area contributed by atoms with E-state index in [-0.39, 0.29) is 0 Å². The maximum absolute atomic E-state index is 9.31. The van der Waals surface area contributed by atoms with Crippen LogP contribution in [-0.2, 0) is 0 Å². The Morgan fingerprint density at radius 1 is 1.07 bits per heavy atom. The first-order valence-electron chi connectivity index (χ1n) is 10.3. The van der Waals surface area contributed by atoms with Gasteiger partial charge in [0.15, 0.2) is 0 Å². The second kappa shape index (κ2) is 7.65. The number of nitrogens with zero attached hydrogens (tertiary/aromatic N) is 5. The van der Waals surface area contributed by atoms with E-state index in [4.69, 9.17) is 4.74 Å². The Morgan fingerprint density at radius 2 is 1.79 bits per heavy atom. The predicted octanol–water partition coefficient (Wildman–Crippen LogP) is 2.32. The Labute approximate surface area is 170 Å². The molecular weight excluding hydrogens is 366 g/mol. The Balaban J connectivity index is 1.25. The van der Waals surface area contributed by atoms with Crippen LogP contribution in [0.5, 0.6) is 5.88 Å². The highest BCUT2D eigenvalue weighted by molar-refractivity contribution is 5.77. The molecule has 3 aromatic rings. The Bertz CT molecular complexity index is 973. The van der Waals surface area contributed by atoms with Gasteiger partial charge in [0, 0.05) is 43.2 Å². The standard InChI is InChI=1S/C22H27N5O2/c1-29-22-10-21-20(11-23-22)24-15-27(21)18-4-2-17(3-5-18)26-12-19(13-26)25-8-6-16(14-28)7-9-25/h2-5,10-11,15-16,19,28H,6-9,12-14H2,1H3. The number of aliphatic hydroxyl groups is 1. The van der Waals surface area contributed by atoms with E-state index in [2.05, 4.69) is 48.6 Å². The largest absolute Gasteiger partial charge is 0.481 e. The minimum Gasteiger partial charge on any atom is -0.481 e. The zero-order valence-corrected chi connectivity index (χ0v) is 16.7. The molecule has 0 aliphatic carbocycles. The van der Waals surface area contributed by atoms with Crippen LogP contribution in [0.25, 0.3) is 16.7 Å². The van der Waals surface area contributed by atoms with Crippen molar-refractivity contribution in [3.63, 3.8) is 0 Å². The molecule has 0 bridgehead atoms. The van der Waals surface area contributed by atoms with Crippen molar-refractivity contribution in [2.75, 3.05) is 44.8 Å². The predicted molar refractivity (Wildman–Crippen MR) is 113 cm³/mol. The van der Waals surface area contributed by atoms with Crippen LogP contribution in [0.3, 0.4) is 0 Å². The van der Waals surface area contributed by atoms with Crippen molar-refractivity contribution in [2.24, 2.45) is 5.92 Å². The highest BCUT2D eigenvalue weighted by Crippen LogP contribution is 2.28. The van der Waals surface area contributed by atoms with Gasteiger partial charge in [0.1, 0.15) is 11.8 Å². The van der Waals surface area contributed by atoms with Gasteiger partial charge in [0.2, 0.25) is 5.88 Å². The van der Waals surface area contributed by atoms with Crippen LogP contribution < -0.4 is 9.64 Å². The van der Waals surface area contributed by atoms with E-state index >= 15 is 0 Å². The Morgan fingerprint density at radius 3 is 2.48 bits per heavy atom. The van der Waals surface area contributed by atoms with E-state index in [1.165, 1.54) is 5.69 Å². The second-order valence-corrected chi connectivity index (χ2v) is 8.07. The third-order valence-electron chi connectivity index (χ3n) is 6.40. The van der Waals surface area contributed by atoms with Gasteiger partial charge in [0.25, 0.3) is 0 Å². The van der Waals surface area contributed by atoms with Crippen molar-refractivity contribution in [3.05, 3.63) is 42.9 Å². The number of hydrogen-bond acceptors (Lipinski definition) is 6. The summed E-state index contributed by atoms with van der Waals surface area (Å²) in [6.07, 6.45) is 5.82. The summed E-state index contributed by atoms with van der Waals surface area (Å²) in [5.41, 5.74) is 4.18. The monoisotopic (exact) mass is 393 g/mol. The summed E-state index contributed by atoms with van der Waals surface area (Å²) in [5.74, 6) is 1.09. The fourth-order valence-corrected chi connectivity index (χ4v) is 4.43. The third kappa shape index (κ3) is 3.45. The quantitative estimate of drug-likeness (QED) is 0.718. The molecule has 2 aromatic heterocycles. The second-order valence-electron chi connectivity index (χ2n) is 8.07. The fourth-order valence-electron chi connectivity index (χ4n) is 4.43. The summed E-state index contributed by atoms with van der Waals surface area (Å²) in [6.45, 7) is 4.75. The molecular formula is C22H27N5O2. The lowest BCUT2D eigenvalue weighted by atomic mass is 9.95. The van der Waals surface area contributed by atoms with E-state index in [1.807, 2.05) is 12.4 Å². The van der Waals surface area contributed by atoms with Gasteiger partial charge >= 0.3 is 0 Å². The molecule has 2 saturated heterocycles. The van der Waals surface area contributed by atoms with Crippen LogP contribution in [0, 0.1) is 5.92 Å². The number of aromatic nitrogens is 3. The summed E-state index contributed by atoms with van der Waals surface area (Å²) in [4.78, 5) is 13.7. The topological polar surface area (TPSA) is 66.7 Å². The first-order valence-corrected chi connectivity index (χ1v) is 10.3. The number of rotatable bonds is 5. The number of likely N-dealkylation sites (tertiary alicyclic amines) is 1. The number of imidazole rings is 1. The molecule has 1 aromatic carbocycles. The molecule has 0 atom stereocenters. The Hall–Kier alpha value is -2.64. The molecule has 0 unspecified atom stereocenters. The van der Waals surface area contributed by atoms with Gasteiger partial charge in [-0.2, -0.15) is 0 Å². The van der Waals surface area contributed by atoms with Gasteiger partial charge in [-0.15, -0.1) is 0 Å². The SMILES string of the molecule is COc1cc2c(cn1)ncn2-c1ccc(N2CC(N3CCC(CO)CC3)C2)cc1. The molecule has 0 radical (unpaired) electrons. The van der Waals surface area contributed by atoms with Gasteiger partial charge in [-0.3, -0.25) is 9.47 Å². The highest BCUT2D eigenvalue weighted by Gasteiger charge is 2.33. The van der Waals surface area contributed by atoms with Crippen molar-refractivity contribution in [1.29, 1.82) is 0 Å². The van der Waals surface area contributed by atoms with Crippen LogP contribution in [0.4, 0.5) is 5.69 Å². The fraction of sp³-hybridized carbons (Fsp3) is 0.455. The normalized spacial score (nSPS) is 18.9. The number of pyridine rings is 1. The van der Waals surface area contributed by atoms with Crippen LogP contribution in [0.1, 0.15) is 12.8 Å². The molecule has 7 heteroatoms. The summed E-state index contributed by atoms with van der Waals surface area (Å²) in [5, 5.41) is 9.31. The molecule has 4 heterocycles. The summed E-state index contributed by atoms with van der Waals surface area (Å²) in [6, 6.07) is 11.2. The number of hydrogen-bond donors (Lipinski definition) is 1. The maximum Gasteiger partial charge on any atom is 0.215 e. The lowest BCUT2D eigenvalue weighted by Gasteiger charge is -2.48. The number of fused-ring (bicyclic) bond motifs is 1. The van der Waals surface area contributed by atoms with E-state index in [1.54, 1.807) is 13.3 Å². The van der Waals surface area contributed by atoms with Gasteiger partial charge < -0.3 is 14.7 Å². The molecule has 2 aliphatic rings. The molecule has 0 amide bonds. The molecule has 0 spiro atoms. The minimum absolute atomic E-state index is 0.340. The van der Waals surface area contributed by atoms with Crippen molar-refractivity contribution >= 4 is 16.7 Å². The minimum atomic E-state index is 0.340. The number of methoxy groups -OCH3 is 1. The van der Waals surface area contributed by atoms with E-state index < -0.39 is 0 Å². The molecule has 7 nitrogen and oxygen atoms in total. The average molecular weight is 393 g/mol. The third-order valence-corrected chi connectivity index (χ3v) is 6.40. The smallest absolute Gasteiger partial charge is 0.215 e. The number of piperidine rings is 1. The zero-order chi connectivity index (χ0) is 19.8. The van der Waals surface area contributed by atoms with Crippen LogP contribution in [-0.4, -0.2) is 70.5 Å². The zero-order valence-electron chi connectivity index (χ0n) is 16.7. The lowest BCUT2D eigenvalue weighted by molar-refractivity contribution is 0.0880. The van der Waals surface area contributed by atoms with Crippen LogP contribution in [0.15, 0.2) is 42.9 Å². The van der Waals surface area contributed by atoms with Gasteiger partial charge in [-0.05, 0) is 56.1 Å². The molecule has 5 rings (SSSR count). The summed E-state index contributed by atoms with van der Waals surface area (Å²) >= 11 is 0. The van der Waals surface area contributed by atoms with Gasteiger partial charge in [-0.1, -0.05) is 0 Å². The number of ether oxygens (including phenoxy) is 1. The molecule has 152 valence electrons. The van der Waals surface area contributed by atoms with E-state index in [0.29, 0.717) is 24.4 Å². The van der Waals surface area contributed by atoms with Gasteiger partial charge in [0.05, 0.1) is 18.8 Å². The maximum atomic E-state index is 9.31. The molecule has 2 fully saturated rings. The van der Waals surface area contributed by atoms with Crippen molar-refractivity contribution < 1.29 is 9.84 Å². The first-order chi connectivity index (χ1) is 14.2. The van der Waals surface area contributed by atoms with E-state index in [0.717, 1.165) is 55.7 Å². The number of aliphatic hydroxyl groups excluding tert-OH is 1. The average Bonchev–Trinajstić information content (AvgIpc) is 3.17. The van der Waals surface area contributed by atoms with E-state index in [9.17, 15) is 5.11 Å². The lowest BCUT2D eigenvalue weighted by Crippen LogP contribution is -2.61. The first kappa shape index (κ1) is 18.4. The number of anilines is 1. The molecule has 0 saturated carbocycles. The van der Waals surface area contributed by atoms with Crippen LogP contribution in [0.2, 0.25) is 0 Å². The summed E-state index contributed by atoms with van der Waals surface area (Å²) < 4.78 is 7.32. The molecule has 29 heavy (non-hydrogen) atoms. The van der Waals surface area contributed by atoms with Crippen molar-refractivity contribution in [3.8, 4) is 11.6 Å². The van der Waals surface area contributed by atoms with Crippen LogP contribution >= 0.6 is 0 Å². The number of benzene rings is 1. The van der Waals surface area contributed by atoms with Crippen molar-refractivity contribution in [2.45, 2.75) is 18.9 Å². The van der Waals surface area contributed by atoms with Crippen molar-refractivity contribution in [1.82, 2.24) is 19.4 Å². The molecule has 1 N–H and O–H groups in total.